The summed E-state index contributed by atoms with van der Waals surface area (Å²) in [5.74, 6) is 0. The van der Waals surface area contributed by atoms with Gasteiger partial charge in [0, 0.05) is 0 Å². The van der Waals surface area contributed by atoms with Crippen LogP contribution >= 0.6 is 0 Å². The van der Waals surface area contributed by atoms with Crippen LogP contribution < -0.4 is 0 Å². The van der Waals surface area contributed by atoms with Gasteiger partial charge in [-0.25, -0.2) is 0 Å². The molecule has 17 heavy (non-hydrogen) atoms. The molecule has 0 radical (unpaired) electrons. The van der Waals surface area contributed by atoms with E-state index in [0.717, 1.165) is 22.3 Å². The Morgan fingerprint density at radius 3 is 1.82 bits per heavy atom. The lowest BCUT2D eigenvalue weighted by atomic mass is 10.0. The highest BCUT2D eigenvalue weighted by Gasteiger charge is 1.98. The second-order valence-corrected chi connectivity index (χ2v) is 4.05. The van der Waals surface area contributed by atoms with Crippen molar-refractivity contribution >= 4 is 5.57 Å². The molecule has 0 aliphatic heterocycles. The van der Waals surface area contributed by atoms with Gasteiger partial charge in [-0.05, 0) is 35.7 Å². The molecule has 2 rings (SSSR count). The van der Waals surface area contributed by atoms with Crippen molar-refractivity contribution in [1.82, 2.24) is 0 Å². The van der Waals surface area contributed by atoms with Gasteiger partial charge in [-0.3, -0.25) is 0 Å². The van der Waals surface area contributed by atoms with Crippen LogP contribution in [0.3, 0.4) is 0 Å². The van der Waals surface area contributed by atoms with Crippen molar-refractivity contribution in [2.75, 3.05) is 0 Å². The summed E-state index contributed by atoms with van der Waals surface area (Å²) in [6, 6.07) is 18.0. The van der Waals surface area contributed by atoms with E-state index in [2.05, 4.69) is 36.9 Å². The van der Waals surface area contributed by atoms with E-state index in [0.29, 0.717) is 5.56 Å². The van der Waals surface area contributed by atoms with Gasteiger partial charge < -0.3 is 0 Å². The van der Waals surface area contributed by atoms with E-state index in [4.69, 9.17) is 5.26 Å². The Hall–Kier alpha value is -2.33. The van der Waals surface area contributed by atoms with Crippen LogP contribution in [0, 0.1) is 11.3 Å². The van der Waals surface area contributed by atoms with Gasteiger partial charge in [0.2, 0.25) is 0 Å². The van der Waals surface area contributed by atoms with Crippen LogP contribution in [0.2, 0.25) is 0 Å². The first-order valence-electron chi connectivity index (χ1n) is 5.47. The van der Waals surface area contributed by atoms with Crippen molar-refractivity contribution in [1.29, 1.82) is 5.26 Å². The minimum atomic E-state index is 0.687. The molecule has 2 aromatic rings. The molecule has 82 valence electrons. The fourth-order valence-corrected chi connectivity index (χ4v) is 1.68. The number of nitrogens with zero attached hydrogens (tertiary/aromatic N) is 1. The molecule has 0 unspecified atom stereocenters. The molecule has 0 heterocycles. The van der Waals surface area contributed by atoms with E-state index in [9.17, 15) is 0 Å². The normalized spacial score (nSPS) is 9.65. The first kappa shape index (κ1) is 11.2. The fourth-order valence-electron chi connectivity index (χ4n) is 1.68. The molecule has 0 aromatic heterocycles. The first-order valence-corrected chi connectivity index (χ1v) is 5.47. The average Bonchev–Trinajstić information content (AvgIpc) is 2.39. The number of hydrogen-bond acceptors (Lipinski definition) is 1. The molecule has 0 N–H and O–H groups in total. The van der Waals surface area contributed by atoms with Gasteiger partial charge in [0.1, 0.15) is 0 Å². The smallest absolute Gasteiger partial charge is 0.0991 e. The largest absolute Gasteiger partial charge is 0.192 e. The molecule has 0 bridgehead atoms. The molecule has 0 atom stereocenters. The highest BCUT2D eigenvalue weighted by molar-refractivity contribution is 5.69. The van der Waals surface area contributed by atoms with Gasteiger partial charge in [-0.2, -0.15) is 5.26 Å². The molecule has 0 aliphatic carbocycles. The highest BCUT2D eigenvalue weighted by Crippen LogP contribution is 2.22. The third-order valence-corrected chi connectivity index (χ3v) is 2.73. The van der Waals surface area contributed by atoms with Gasteiger partial charge in [0.25, 0.3) is 0 Å². The van der Waals surface area contributed by atoms with Crippen LogP contribution in [0.5, 0.6) is 0 Å². The zero-order valence-electron chi connectivity index (χ0n) is 9.77. The molecule has 0 spiro atoms. The summed E-state index contributed by atoms with van der Waals surface area (Å²) in [5, 5.41) is 8.74. The molecule has 1 heteroatoms. The maximum absolute atomic E-state index is 8.74. The molecule has 0 saturated carbocycles. The minimum Gasteiger partial charge on any atom is -0.192 e. The van der Waals surface area contributed by atoms with Crippen LogP contribution in [0.4, 0.5) is 0 Å². The summed E-state index contributed by atoms with van der Waals surface area (Å²) in [6.07, 6.45) is 0. The van der Waals surface area contributed by atoms with E-state index < -0.39 is 0 Å². The number of nitriles is 1. The summed E-state index contributed by atoms with van der Waals surface area (Å²) in [5.41, 5.74) is 5.18. The van der Waals surface area contributed by atoms with Gasteiger partial charge >= 0.3 is 0 Å². The van der Waals surface area contributed by atoms with Crippen molar-refractivity contribution in [3.05, 3.63) is 66.2 Å². The predicted octanol–water partition coefficient (Wildman–Crippen LogP) is 4.26. The van der Waals surface area contributed by atoms with Gasteiger partial charge in [0.05, 0.1) is 11.6 Å². The molecular weight excluding hydrogens is 206 g/mol. The number of rotatable bonds is 2. The van der Waals surface area contributed by atoms with Crippen LogP contribution in [0.25, 0.3) is 16.7 Å². The topological polar surface area (TPSA) is 23.8 Å². The Morgan fingerprint density at radius 2 is 1.41 bits per heavy atom. The van der Waals surface area contributed by atoms with Gasteiger partial charge in [-0.1, -0.05) is 48.6 Å². The van der Waals surface area contributed by atoms with Crippen LogP contribution in [-0.4, -0.2) is 0 Å². The van der Waals surface area contributed by atoms with Crippen molar-refractivity contribution in [3.63, 3.8) is 0 Å². The van der Waals surface area contributed by atoms with Crippen molar-refractivity contribution in [3.8, 4) is 17.2 Å². The number of hydrogen-bond donors (Lipinski definition) is 0. The van der Waals surface area contributed by atoms with E-state index in [1.807, 2.05) is 31.2 Å². The Balaban J connectivity index is 2.33. The van der Waals surface area contributed by atoms with E-state index in [1.54, 1.807) is 0 Å². The van der Waals surface area contributed by atoms with Crippen molar-refractivity contribution < 1.29 is 0 Å². The third kappa shape index (κ3) is 2.43. The molecule has 2 aromatic carbocycles. The van der Waals surface area contributed by atoms with Crippen LogP contribution in [0.15, 0.2) is 55.1 Å². The molecule has 0 fully saturated rings. The Bertz CT molecular complexity index is 568. The van der Waals surface area contributed by atoms with Crippen molar-refractivity contribution in [2.24, 2.45) is 0 Å². The Morgan fingerprint density at radius 1 is 0.941 bits per heavy atom. The predicted molar refractivity (Wildman–Crippen MR) is 71.3 cm³/mol. The lowest BCUT2D eigenvalue weighted by molar-refractivity contribution is 1.48. The summed E-state index contributed by atoms with van der Waals surface area (Å²) in [6.45, 7) is 5.91. The first-order chi connectivity index (χ1) is 8.20. The SMILES string of the molecule is C=C(C)c1ccc(-c2ccc(C#N)cc2)cc1. The standard InChI is InChI=1S/C16H13N/c1-12(2)14-7-9-16(10-8-14)15-5-3-13(11-17)4-6-15/h3-10H,1H2,2H3. The monoisotopic (exact) mass is 219 g/mol. The molecule has 0 saturated heterocycles. The fraction of sp³-hybridized carbons (Fsp3) is 0.0625. The molecule has 0 aliphatic rings. The van der Waals surface area contributed by atoms with Crippen LogP contribution in [0.1, 0.15) is 18.1 Å². The zero-order valence-corrected chi connectivity index (χ0v) is 9.77. The summed E-state index contributed by atoms with van der Waals surface area (Å²) < 4.78 is 0. The third-order valence-electron chi connectivity index (χ3n) is 2.73. The van der Waals surface area contributed by atoms with Gasteiger partial charge in [0.15, 0.2) is 0 Å². The maximum atomic E-state index is 8.74. The maximum Gasteiger partial charge on any atom is 0.0991 e. The molecule has 1 nitrogen and oxygen atoms in total. The van der Waals surface area contributed by atoms with Crippen LogP contribution in [-0.2, 0) is 0 Å². The number of benzene rings is 2. The zero-order chi connectivity index (χ0) is 12.3. The van der Waals surface area contributed by atoms with E-state index in [1.165, 1.54) is 0 Å². The summed E-state index contributed by atoms with van der Waals surface area (Å²) >= 11 is 0. The van der Waals surface area contributed by atoms with E-state index in [-0.39, 0.29) is 0 Å². The lowest BCUT2D eigenvalue weighted by Crippen LogP contribution is -1.81. The molecule has 0 amide bonds. The Labute approximate surface area is 102 Å². The van der Waals surface area contributed by atoms with E-state index >= 15 is 0 Å². The quantitative estimate of drug-likeness (QED) is 0.740. The highest BCUT2D eigenvalue weighted by atomic mass is 14.2. The molecular formula is C16H13N. The number of allylic oxidation sites excluding steroid dienone is 1. The van der Waals surface area contributed by atoms with Gasteiger partial charge in [-0.15, -0.1) is 0 Å². The second kappa shape index (κ2) is 4.67. The lowest BCUT2D eigenvalue weighted by Gasteiger charge is -2.04. The summed E-state index contributed by atoms with van der Waals surface area (Å²) in [4.78, 5) is 0. The average molecular weight is 219 g/mol. The van der Waals surface area contributed by atoms with Crippen molar-refractivity contribution in [2.45, 2.75) is 6.92 Å². The second-order valence-electron chi connectivity index (χ2n) is 4.05. The summed E-state index contributed by atoms with van der Waals surface area (Å²) in [7, 11) is 0. The Kier molecular flexibility index (Phi) is 3.07. The minimum absolute atomic E-state index is 0.687.